The van der Waals surface area contributed by atoms with Crippen LogP contribution in [0.2, 0.25) is 0 Å². The molecule has 0 aromatic carbocycles. The number of unbranched alkanes of at least 4 members (excludes halogenated alkanes) is 13. The lowest BCUT2D eigenvalue weighted by molar-refractivity contribution is 0.542. The van der Waals surface area contributed by atoms with E-state index in [-0.39, 0.29) is 0 Å². The molecule has 0 aromatic heterocycles. The molecule has 134 valence electrons. The summed E-state index contributed by atoms with van der Waals surface area (Å²) in [5, 5.41) is 4.67. The van der Waals surface area contributed by atoms with Crippen LogP contribution >= 0.6 is 24.4 Å². The Morgan fingerprint density at radius 1 is 0.500 bits per heavy atom. The summed E-state index contributed by atoms with van der Waals surface area (Å²) in [5.74, 6) is 0. The zero-order valence-electron chi connectivity index (χ0n) is 14.9. The fourth-order valence-corrected chi connectivity index (χ4v) is 2.73. The minimum Gasteiger partial charge on any atom is -0.203 e. The van der Waals surface area contributed by atoms with Crippen LogP contribution in [0.5, 0.6) is 0 Å². The standard InChI is InChI=1S/C20H32N2S2/c23-19-21-17-15-13-11-9-7-5-3-1-2-4-6-8-10-12-14-16-18-22-20-24/h15-18H,1-14H2/b17-15-,18-16-. The first-order valence-corrected chi connectivity index (χ1v) is 10.2. The van der Waals surface area contributed by atoms with Crippen LogP contribution in [0, 0.1) is 0 Å². The van der Waals surface area contributed by atoms with Gasteiger partial charge < -0.3 is 0 Å². The van der Waals surface area contributed by atoms with Crippen molar-refractivity contribution in [1.82, 2.24) is 0 Å². The van der Waals surface area contributed by atoms with E-state index in [0.29, 0.717) is 0 Å². The third-order valence-corrected chi connectivity index (χ3v) is 4.17. The quantitative estimate of drug-likeness (QED) is 0.150. The van der Waals surface area contributed by atoms with Gasteiger partial charge in [-0.25, -0.2) is 9.98 Å². The fourth-order valence-electron chi connectivity index (χ4n) is 2.61. The molecule has 4 heteroatoms. The normalized spacial score (nSPS) is 10.8. The van der Waals surface area contributed by atoms with Crippen molar-refractivity contribution in [2.75, 3.05) is 0 Å². The Balaban J connectivity index is 3.10. The maximum absolute atomic E-state index is 4.50. The SMILES string of the molecule is S=C=N/C=C\CCCCCCCCCCCCCC/C=C\N=C=S. The number of thiocarbonyl (C=S) groups is 2. The van der Waals surface area contributed by atoms with Gasteiger partial charge in [-0.3, -0.25) is 0 Å². The largest absolute Gasteiger partial charge is 0.203 e. The number of allylic oxidation sites excluding steroid dienone is 2. The molecule has 0 aliphatic heterocycles. The summed E-state index contributed by atoms with van der Waals surface area (Å²) in [5.41, 5.74) is 0. The first-order chi connectivity index (χ1) is 11.9. The lowest BCUT2D eigenvalue weighted by atomic mass is 10.0. The minimum absolute atomic E-state index is 1.11. The van der Waals surface area contributed by atoms with Gasteiger partial charge >= 0.3 is 0 Å². The first kappa shape index (κ1) is 23.1. The smallest absolute Gasteiger partial charge is 0.0634 e. The third kappa shape index (κ3) is 21.1. The van der Waals surface area contributed by atoms with Crippen molar-refractivity contribution in [3.8, 4) is 0 Å². The van der Waals surface area contributed by atoms with Gasteiger partial charge in [0.15, 0.2) is 0 Å². The van der Waals surface area contributed by atoms with Crippen molar-refractivity contribution in [1.29, 1.82) is 0 Å². The molecule has 24 heavy (non-hydrogen) atoms. The van der Waals surface area contributed by atoms with E-state index < -0.39 is 0 Å². The van der Waals surface area contributed by atoms with Crippen LogP contribution in [0.4, 0.5) is 0 Å². The topological polar surface area (TPSA) is 24.7 Å². The van der Waals surface area contributed by atoms with E-state index in [9.17, 15) is 0 Å². The summed E-state index contributed by atoms with van der Waals surface area (Å²) >= 11 is 8.99. The van der Waals surface area contributed by atoms with Crippen molar-refractivity contribution < 1.29 is 0 Å². The first-order valence-electron chi connectivity index (χ1n) is 9.36. The lowest BCUT2D eigenvalue weighted by Gasteiger charge is -2.02. The van der Waals surface area contributed by atoms with Gasteiger partial charge in [0, 0.05) is 12.4 Å². The van der Waals surface area contributed by atoms with E-state index >= 15 is 0 Å². The highest BCUT2D eigenvalue weighted by Gasteiger charge is 1.93. The van der Waals surface area contributed by atoms with Gasteiger partial charge in [0.2, 0.25) is 0 Å². The summed E-state index contributed by atoms with van der Waals surface area (Å²) in [6.45, 7) is 0. The van der Waals surface area contributed by atoms with Crippen LogP contribution in [0.3, 0.4) is 0 Å². The van der Waals surface area contributed by atoms with Crippen LogP contribution in [0.15, 0.2) is 34.5 Å². The fraction of sp³-hybridized carbons (Fsp3) is 0.700. The zero-order chi connectivity index (χ0) is 17.6. The van der Waals surface area contributed by atoms with E-state index in [1.54, 1.807) is 12.4 Å². The van der Waals surface area contributed by atoms with E-state index in [0.717, 1.165) is 12.8 Å². The second kappa shape index (κ2) is 22.1. The van der Waals surface area contributed by atoms with Gasteiger partial charge in [0.1, 0.15) is 0 Å². The van der Waals surface area contributed by atoms with Gasteiger partial charge in [-0.1, -0.05) is 76.4 Å². The van der Waals surface area contributed by atoms with Gasteiger partial charge in [-0.2, -0.15) is 0 Å². The summed E-state index contributed by atoms with van der Waals surface area (Å²) in [6.07, 6.45) is 26.2. The Kier molecular flexibility index (Phi) is 21.2. The highest BCUT2D eigenvalue weighted by molar-refractivity contribution is 7.78. The molecule has 2 nitrogen and oxygen atoms in total. The second-order valence-electron chi connectivity index (χ2n) is 6.03. The molecular weight excluding hydrogens is 332 g/mol. The molecule has 0 N–H and O–H groups in total. The molecule has 0 atom stereocenters. The van der Waals surface area contributed by atoms with Crippen molar-refractivity contribution in [2.24, 2.45) is 9.98 Å². The van der Waals surface area contributed by atoms with Crippen LogP contribution in [0.1, 0.15) is 89.9 Å². The van der Waals surface area contributed by atoms with Crippen molar-refractivity contribution >= 4 is 34.8 Å². The number of aliphatic imine (C=N–C) groups is 2. The molecule has 0 aromatic rings. The van der Waals surface area contributed by atoms with Crippen LogP contribution in [-0.2, 0) is 0 Å². The number of hydrogen-bond donors (Lipinski definition) is 0. The molecular formula is C20H32N2S2. The van der Waals surface area contributed by atoms with Crippen molar-refractivity contribution in [3.05, 3.63) is 24.6 Å². The Labute approximate surface area is 159 Å². The molecule has 0 aliphatic carbocycles. The average molecular weight is 365 g/mol. The minimum atomic E-state index is 1.11. The average Bonchev–Trinajstić information content (AvgIpc) is 2.60. The van der Waals surface area contributed by atoms with Crippen molar-refractivity contribution in [3.63, 3.8) is 0 Å². The number of rotatable bonds is 17. The highest BCUT2D eigenvalue weighted by atomic mass is 32.1. The molecule has 0 heterocycles. The predicted octanol–water partition coefficient (Wildman–Crippen LogP) is 7.68. The molecule has 0 unspecified atom stereocenters. The van der Waals surface area contributed by atoms with E-state index in [2.05, 4.69) is 56.9 Å². The maximum atomic E-state index is 4.50. The maximum Gasteiger partial charge on any atom is 0.0634 e. The van der Waals surface area contributed by atoms with Crippen LogP contribution in [-0.4, -0.2) is 10.3 Å². The lowest BCUT2D eigenvalue weighted by Crippen LogP contribution is -1.82. The zero-order valence-corrected chi connectivity index (χ0v) is 16.6. The Morgan fingerprint density at radius 2 is 0.792 bits per heavy atom. The molecule has 0 amide bonds. The number of nitrogens with zero attached hydrogens (tertiary/aromatic N) is 2. The van der Waals surface area contributed by atoms with Gasteiger partial charge in [-0.05, 0) is 50.1 Å². The highest BCUT2D eigenvalue weighted by Crippen LogP contribution is 2.13. The number of hydrogen-bond acceptors (Lipinski definition) is 4. The summed E-state index contributed by atoms with van der Waals surface area (Å²) < 4.78 is 0. The molecule has 0 rings (SSSR count). The molecule has 0 aliphatic rings. The molecule has 0 bridgehead atoms. The van der Waals surface area contributed by atoms with Crippen LogP contribution in [0.25, 0.3) is 0 Å². The Hall–Kier alpha value is -0.920. The van der Waals surface area contributed by atoms with Crippen molar-refractivity contribution in [2.45, 2.75) is 89.9 Å². The summed E-state index contributed by atoms with van der Waals surface area (Å²) in [6, 6.07) is 0. The van der Waals surface area contributed by atoms with E-state index in [4.69, 9.17) is 0 Å². The molecule has 0 saturated carbocycles. The van der Waals surface area contributed by atoms with Gasteiger partial charge in [0.05, 0.1) is 10.3 Å². The summed E-state index contributed by atoms with van der Waals surface area (Å²) in [4.78, 5) is 7.52. The third-order valence-electron chi connectivity index (χ3n) is 3.96. The molecule has 0 fully saturated rings. The summed E-state index contributed by atoms with van der Waals surface area (Å²) in [7, 11) is 0. The second-order valence-corrected chi connectivity index (χ2v) is 6.40. The Bertz CT molecular complexity index is 377. The molecule has 0 radical (unpaired) electrons. The molecule has 0 spiro atoms. The van der Waals surface area contributed by atoms with Crippen LogP contribution < -0.4 is 0 Å². The monoisotopic (exact) mass is 364 g/mol. The Morgan fingerprint density at radius 3 is 1.08 bits per heavy atom. The predicted molar refractivity (Wildman–Crippen MR) is 113 cm³/mol. The molecule has 0 saturated heterocycles. The van der Waals surface area contributed by atoms with E-state index in [1.165, 1.54) is 77.0 Å². The van der Waals surface area contributed by atoms with E-state index in [1.807, 2.05) is 0 Å². The number of isothiocyanates is 2. The van der Waals surface area contributed by atoms with Gasteiger partial charge in [-0.15, -0.1) is 0 Å². The van der Waals surface area contributed by atoms with Gasteiger partial charge in [0.25, 0.3) is 0 Å².